The number of alkyl halides is 1. The Morgan fingerprint density at radius 3 is 2.16 bits per heavy atom. The lowest BCUT2D eigenvalue weighted by molar-refractivity contribution is -0.237. The molecule has 25 heavy (non-hydrogen) atoms. The number of ether oxygens (including phenoxy) is 3. The van der Waals surface area contributed by atoms with Crippen LogP contribution in [0.15, 0.2) is 0 Å². The first kappa shape index (κ1) is 22.8. The highest BCUT2D eigenvalue weighted by atomic mass is 127. The van der Waals surface area contributed by atoms with Gasteiger partial charge in [0.15, 0.2) is 14.6 Å². The normalized spacial score (nSPS) is 30.7. The Kier molecular flexibility index (Phi) is 7.88. The Morgan fingerprint density at radius 1 is 1.16 bits per heavy atom. The van der Waals surface area contributed by atoms with Crippen LogP contribution in [0.3, 0.4) is 0 Å². The van der Waals surface area contributed by atoms with Gasteiger partial charge in [0.25, 0.3) is 0 Å². The van der Waals surface area contributed by atoms with Crippen LogP contribution >= 0.6 is 22.6 Å². The number of carbonyl (C=O) groups is 2. The van der Waals surface area contributed by atoms with E-state index in [4.69, 9.17) is 18.6 Å². The number of aliphatic hydroxyl groups excluding tert-OH is 1. The third kappa shape index (κ3) is 6.16. The van der Waals surface area contributed by atoms with Gasteiger partial charge >= 0.3 is 11.9 Å². The van der Waals surface area contributed by atoms with Crippen LogP contribution in [0.2, 0.25) is 18.1 Å². The zero-order chi connectivity index (χ0) is 19.6. The van der Waals surface area contributed by atoms with E-state index in [0.29, 0.717) is 0 Å². The van der Waals surface area contributed by atoms with Crippen molar-refractivity contribution in [2.45, 2.75) is 81.3 Å². The van der Waals surface area contributed by atoms with E-state index in [0.717, 1.165) is 0 Å². The first-order valence-corrected chi connectivity index (χ1v) is 12.4. The van der Waals surface area contributed by atoms with Crippen LogP contribution in [-0.2, 0) is 28.2 Å². The number of esters is 2. The van der Waals surface area contributed by atoms with Crippen LogP contribution in [0.1, 0.15) is 34.6 Å². The van der Waals surface area contributed by atoms with Crippen molar-refractivity contribution in [2.24, 2.45) is 0 Å². The molecule has 7 nitrogen and oxygen atoms in total. The van der Waals surface area contributed by atoms with Gasteiger partial charge in [0.05, 0.1) is 0 Å². The van der Waals surface area contributed by atoms with Crippen molar-refractivity contribution in [1.29, 1.82) is 0 Å². The van der Waals surface area contributed by atoms with Crippen LogP contribution in [0, 0.1) is 0 Å². The lowest BCUT2D eigenvalue weighted by Gasteiger charge is -2.47. The van der Waals surface area contributed by atoms with E-state index in [1.54, 1.807) is 0 Å². The molecule has 0 aromatic heterocycles. The van der Waals surface area contributed by atoms with Crippen LogP contribution in [-0.4, -0.2) is 60.5 Å². The van der Waals surface area contributed by atoms with Crippen molar-refractivity contribution in [3.05, 3.63) is 0 Å². The molecule has 1 aliphatic heterocycles. The summed E-state index contributed by atoms with van der Waals surface area (Å²) in [7, 11) is -2.23. The predicted molar refractivity (Wildman–Crippen MR) is 103 cm³/mol. The second-order valence-corrected chi connectivity index (χ2v) is 13.9. The molecule has 5 atom stereocenters. The maximum Gasteiger partial charge on any atom is 0.303 e. The Labute approximate surface area is 164 Å². The summed E-state index contributed by atoms with van der Waals surface area (Å²) in [4.78, 5) is 22.8. The van der Waals surface area contributed by atoms with Crippen molar-refractivity contribution in [3.8, 4) is 0 Å². The van der Waals surface area contributed by atoms with Gasteiger partial charge in [-0.05, 0) is 18.1 Å². The molecule has 0 aromatic rings. The fraction of sp³-hybridized carbons (Fsp3) is 0.875. The second kappa shape index (κ2) is 8.64. The summed E-state index contributed by atoms with van der Waals surface area (Å²) in [5, 5.41) is 10.1. The number of halogens is 1. The summed E-state index contributed by atoms with van der Waals surface area (Å²) in [5.74, 6) is -0.916. The van der Waals surface area contributed by atoms with Crippen LogP contribution in [0.25, 0.3) is 0 Å². The monoisotopic (exact) mass is 488 g/mol. The number of hydrogen-bond donors (Lipinski definition) is 1. The van der Waals surface area contributed by atoms with Gasteiger partial charge in [0.1, 0.15) is 28.8 Å². The molecule has 0 amide bonds. The highest BCUT2D eigenvalue weighted by molar-refractivity contribution is 14.1. The minimum Gasteiger partial charge on any atom is -0.463 e. The van der Waals surface area contributed by atoms with Crippen molar-refractivity contribution in [3.63, 3.8) is 0 Å². The molecule has 1 aliphatic rings. The first-order valence-electron chi connectivity index (χ1n) is 8.22. The molecular weight excluding hydrogens is 459 g/mol. The maximum absolute atomic E-state index is 11.6. The highest BCUT2D eigenvalue weighted by Crippen LogP contribution is 2.40. The van der Waals surface area contributed by atoms with Gasteiger partial charge < -0.3 is 23.7 Å². The second-order valence-electron chi connectivity index (χ2n) is 7.73. The smallest absolute Gasteiger partial charge is 0.303 e. The highest BCUT2D eigenvalue weighted by Gasteiger charge is 2.51. The standard InChI is InChI=1S/C16H29IO7Si/c1-9(18)21-8-11-13(24-25(6,7)16(3,4)5)14(22-10(2)19)12(17)15(20)23-11/h11-15,20H,8H2,1-7H3/t11-,12-,13-,14-,15+/m1/s1. The van der Waals surface area contributed by atoms with Gasteiger partial charge in [-0.25, -0.2) is 0 Å². The molecule has 1 heterocycles. The number of hydrogen-bond acceptors (Lipinski definition) is 7. The molecule has 146 valence electrons. The number of aliphatic hydroxyl groups is 1. The van der Waals surface area contributed by atoms with E-state index in [9.17, 15) is 14.7 Å². The molecule has 1 rings (SSSR count). The summed E-state index contributed by atoms with van der Waals surface area (Å²) >= 11 is 1.99. The fourth-order valence-electron chi connectivity index (χ4n) is 2.20. The van der Waals surface area contributed by atoms with E-state index in [1.807, 2.05) is 22.6 Å². The topological polar surface area (TPSA) is 91.3 Å². The van der Waals surface area contributed by atoms with E-state index in [2.05, 4.69) is 33.9 Å². The molecular formula is C16H29IO7Si. The van der Waals surface area contributed by atoms with Gasteiger partial charge in [0.2, 0.25) is 0 Å². The first-order chi connectivity index (χ1) is 11.3. The van der Waals surface area contributed by atoms with Crippen molar-refractivity contribution < 1.29 is 33.3 Å². The van der Waals surface area contributed by atoms with Gasteiger partial charge in [-0.2, -0.15) is 0 Å². The summed E-state index contributed by atoms with van der Waals surface area (Å²) in [5.41, 5.74) is 0. The maximum atomic E-state index is 11.6. The third-order valence-electron chi connectivity index (χ3n) is 4.58. The zero-order valence-corrected chi connectivity index (χ0v) is 19.0. The van der Waals surface area contributed by atoms with E-state index < -0.39 is 48.8 Å². The molecule has 1 fully saturated rings. The lowest BCUT2D eigenvalue weighted by atomic mass is 10.0. The van der Waals surface area contributed by atoms with Crippen molar-refractivity contribution >= 4 is 42.8 Å². The van der Waals surface area contributed by atoms with E-state index in [1.165, 1.54) is 13.8 Å². The molecule has 0 bridgehead atoms. The molecule has 0 aromatic carbocycles. The zero-order valence-electron chi connectivity index (χ0n) is 15.9. The Bertz CT molecular complexity index is 491. The third-order valence-corrected chi connectivity index (χ3v) is 10.4. The summed E-state index contributed by atoms with van der Waals surface area (Å²) in [6, 6.07) is 0. The SMILES string of the molecule is CC(=O)OC[C@H]1O[C@H](O)[C@H](I)[C@@H](OC(C)=O)[C@@H]1O[Si](C)(C)C(C)(C)C. The van der Waals surface area contributed by atoms with Gasteiger partial charge in [-0.15, -0.1) is 0 Å². The van der Waals surface area contributed by atoms with E-state index >= 15 is 0 Å². The van der Waals surface area contributed by atoms with Crippen molar-refractivity contribution in [2.75, 3.05) is 6.61 Å². The molecule has 0 unspecified atom stereocenters. The summed E-state index contributed by atoms with van der Waals surface area (Å²) in [6.45, 7) is 13.0. The average Bonchev–Trinajstić information content (AvgIpc) is 2.43. The Hall–Kier alpha value is -0.233. The lowest BCUT2D eigenvalue weighted by Crippen LogP contribution is -2.62. The molecule has 0 radical (unpaired) electrons. The van der Waals surface area contributed by atoms with Crippen LogP contribution in [0.5, 0.6) is 0 Å². The van der Waals surface area contributed by atoms with Gasteiger partial charge in [-0.3, -0.25) is 9.59 Å². The average molecular weight is 488 g/mol. The molecule has 9 heteroatoms. The minimum absolute atomic E-state index is 0.0728. The van der Waals surface area contributed by atoms with Crippen LogP contribution < -0.4 is 0 Å². The molecule has 0 aliphatic carbocycles. The van der Waals surface area contributed by atoms with Crippen molar-refractivity contribution in [1.82, 2.24) is 0 Å². The Morgan fingerprint density at radius 2 is 1.72 bits per heavy atom. The summed E-state index contributed by atoms with van der Waals surface area (Å²) in [6.07, 6.45) is -3.20. The largest absolute Gasteiger partial charge is 0.463 e. The summed E-state index contributed by atoms with van der Waals surface area (Å²) < 4.78 is 22.1. The molecule has 0 spiro atoms. The Balaban J connectivity index is 3.15. The predicted octanol–water partition coefficient (Wildman–Crippen LogP) is 2.39. The van der Waals surface area contributed by atoms with Gasteiger partial charge in [-0.1, -0.05) is 43.4 Å². The van der Waals surface area contributed by atoms with Crippen LogP contribution in [0.4, 0.5) is 0 Å². The minimum atomic E-state index is -2.23. The van der Waals surface area contributed by atoms with Gasteiger partial charge in [0, 0.05) is 13.8 Å². The molecule has 0 saturated carbocycles. The molecule has 1 saturated heterocycles. The fourth-order valence-corrected chi connectivity index (χ4v) is 4.25. The molecule has 1 N–H and O–H groups in total. The van der Waals surface area contributed by atoms with E-state index in [-0.39, 0.29) is 11.6 Å². The number of carbonyl (C=O) groups excluding carboxylic acids is 2. The quantitative estimate of drug-likeness (QED) is 0.275. The number of rotatable bonds is 5.